The standard InChI is InChI=1S/C15H22BrFN2O/c1-19(10-11-4-6-20-7-5-11)15(9-18)12-2-3-13(16)14(17)8-12/h2-3,8,11,15H,4-7,9-10,18H2,1H3. The lowest BCUT2D eigenvalue weighted by atomic mass is 9.98. The first-order chi connectivity index (χ1) is 9.61. The molecule has 112 valence electrons. The molecule has 2 N–H and O–H groups in total. The number of hydrogen-bond acceptors (Lipinski definition) is 3. The van der Waals surface area contributed by atoms with Gasteiger partial charge in [0.15, 0.2) is 0 Å². The molecule has 1 aromatic carbocycles. The minimum absolute atomic E-state index is 0.0560. The van der Waals surface area contributed by atoms with Crippen molar-refractivity contribution in [1.29, 1.82) is 0 Å². The summed E-state index contributed by atoms with van der Waals surface area (Å²) in [6.07, 6.45) is 2.19. The van der Waals surface area contributed by atoms with Crippen LogP contribution in [-0.2, 0) is 4.74 Å². The molecular formula is C15H22BrFN2O. The lowest BCUT2D eigenvalue weighted by molar-refractivity contribution is 0.0507. The average molecular weight is 345 g/mol. The Balaban J connectivity index is 2.03. The molecule has 0 radical (unpaired) electrons. The van der Waals surface area contributed by atoms with Gasteiger partial charge in [-0.2, -0.15) is 0 Å². The molecule has 0 spiro atoms. The molecule has 1 atom stereocenters. The predicted molar refractivity (Wildman–Crippen MR) is 82.1 cm³/mol. The summed E-state index contributed by atoms with van der Waals surface area (Å²) < 4.78 is 19.5. The molecule has 0 aliphatic carbocycles. The van der Waals surface area contributed by atoms with E-state index in [4.69, 9.17) is 10.5 Å². The highest BCUT2D eigenvalue weighted by Crippen LogP contribution is 2.25. The lowest BCUT2D eigenvalue weighted by Crippen LogP contribution is -2.36. The van der Waals surface area contributed by atoms with Crippen LogP contribution in [0.25, 0.3) is 0 Å². The lowest BCUT2D eigenvalue weighted by Gasteiger charge is -2.32. The van der Waals surface area contributed by atoms with Crippen molar-refractivity contribution >= 4 is 15.9 Å². The highest BCUT2D eigenvalue weighted by atomic mass is 79.9. The van der Waals surface area contributed by atoms with Crippen LogP contribution in [0.15, 0.2) is 22.7 Å². The fourth-order valence-corrected chi connectivity index (χ4v) is 3.00. The van der Waals surface area contributed by atoms with Gasteiger partial charge in [-0.15, -0.1) is 0 Å². The van der Waals surface area contributed by atoms with Crippen molar-refractivity contribution in [1.82, 2.24) is 4.90 Å². The summed E-state index contributed by atoms with van der Waals surface area (Å²) in [6.45, 7) is 3.15. The van der Waals surface area contributed by atoms with Crippen molar-refractivity contribution in [3.63, 3.8) is 0 Å². The topological polar surface area (TPSA) is 38.5 Å². The van der Waals surface area contributed by atoms with E-state index in [9.17, 15) is 4.39 Å². The van der Waals surface area contributed by atoms with Crippen LogP contribution < -0.4 is 5.73 Å². The van der Waals surface area contributed by atoms with Crippen molar-refractivity contribution < 1.29 is 9.13 Å². The second-order valence-electron chi connectivity index (χ2n) is 5.42. The van der Waals surface area contributed by atoms with Gasteiger partial charge in [0.2, 0.25) is 0 Å². The number of likely N-dealkylation sites (N-methyl/N-ethyl adjacent to an activating group) is 1. The Morgan fingerprint density at radius 2 is 2.15 bits per heavy atom. The van der Waals surface area contributed by atoms with E-state index >= 15 is 0 Å². The van der Waals surface area contributed by atoms with Gasteiger partial charge in [0.25, 0.3) is 0 Å². The van der Waals surface area contributed by atoms with Gasteiger partial charge in [-0.25, -0.2) is 4.39 Å². The van der Waals surface area contributed by atoms with Gasteiger partial charge >= 0.3 is 0 Å². The number of halogens is 2. The third-order valence-corrected chi connectivity index (χ3v) is 4.61. The smallest absolute Gasteiger partial charge is 0.137 e. The maximum Gasteiger partial charge on any atom is 0.137 e. The minimum atomic E-state index is -0.236. The zero-order valence-electron chi connectivity index (χ0n) is 11.8. The van der Waals surface area contributed by atoms with Gasteiger partial charge in [-0.1, -0.05) is 6.07 Å². The monoisotopic (exact) mass is 344 g/mol. The quantitative estimate of drug-likeness (QED) is 0.892. The Labute approximate surface area is 128 Å². The Bertz CT molecular complexity index is 438. The van der Waals surface area contributed by atoms with Crippen molar-refractivity contribution in [2.45, 2.75) is 18.9 Å². The van der Waals surface area contributed by atoms with E-state index in [1.807, 2.05) is 6.07 Å². The second kappa shape index (κ2) is 7.50. The van der Waals surface area contributed by atoms with Crippen LogP contribution in [-0.4, -0.2) is 38.3 Å². The number of rotatable bonds is 5. The summed E-state index contributed by atoms with van der Waals surface area (Å²) in [5, 5.41) is 0. The van der Waals surface area contributed by atoms with Crippen LogP contribution in [0.5, 0.6) is 0 Å². The fourth-order valence-electron chi connectivity index (χ4n) is 2.75. The van der Waals surface area contributed by atoms with E-state index in [0.29, 0.717) is 16.9 Å². The van der Waals surface area contributed by atoms with Crippen LogP contribution in [0.1, 0.15) is 24.4 Å². The molecule has 1 fully saturated rings. The summed E-state index contributed by atoms with van der Waals surface area (Å²) >= 11 is 3.18. The first kappa shape index (κ1) is 15.9. The molecule has 3 nitrogen and oxygen atoms in total. The Hall–Kier alpha value is -0.490. The average Bonchev–Trinajstić information content (AvgIpc) is 2.44. The number of nitrogens with zero attached hydrogens (tertiary/aromatic N) is 1. The molecule has 1 unspecified atom stereocenters. The predicted octanol–water partition coefficient (Wildman–Crippen LogP) is 2.95. The van der Waals surface area contributed by atoms with Crippen molar-refractivity contribution in [3.8, 4) is 0 Å². The molecule has 1 aromatic rings. The molecule has 0 aromatic heterocycles. The molecule has 0 amide bonds. The molecule has 0 saturated carbocycles. The highest BCUT2D eigenvalue weighted by Gasteiger charge is 2.21. The summed E-state index contributed by atoms with van der Waals surface area (Å²) in [5.41, 5.74) is 6.83. The maximum atomic E-state index is 13.7. The SMILES string of the molecule is CN(CC1CCOCC1)C(CN)c1ccc(Br)c(F)c1. The Morgan fingerprint density at radius 3 is 2.75 bits per heavy atom. The van der Waals surface area contributed by atoms with Gasteiger partial charge in [0.05, 0.1) is 4.47 Å². The minimum Gasteiger partial charge on any atom is -0.381 e. The molecule has 1 saturated heterocycles. The summed E-state index contributed by atoms with van der Waals surface area (Å²) in [5.74, 6) is 0.406. The van der Waals surface area contributed by atoms with E-state index < -0.39 is 0 Å². The van der Waals surface area contributed by atoms with Crippen molar-refractivity contribution in [3.05, 3.63) is 34.1 Å². The van der Waals surface area contributed by atoms with E-state index in [2.05, 4.69) is 27.9 Å². The van der Waals surface area contributed by atoms with Crippen LogP contribution in [0.2, 0.25) is 0 Å². The summed E-state index contributed by atoms with van der Waals surface area (Å²) in [4.78, 5) is 2.23. The van der Waals surface area contributed by atoms with Crippen LogP contribution in [0, 0.1) is 11.7 Å². The van der Waals surface area contributed by atoms with E-state index in [1.165, 1.54) is 0 Å². The molecule has 1 heterocycles. The number of benzene rings is 1. The van der Waals surface area contributed by atoms with Gasteiger partial charge < -0.3 is 10.5 Å². The largest absolute Gasteiger partial charge is 0.381 e. The molecular weight excluding hydrogens is 323 g/mol. The van der Waals surface area contributed by atoms with Crippen molar-refractivity contribution in [2.75, 3.05) is 33.4 Å². The molecule has 1 aliphatic heterocycles. The van der Waals surface area contributed by atoms with E-state index in [-0.39, 0.29) is 11.9 Å². The van der Waals surface area contributed by atoms with Gasteiger partial charge in [0, 0.05) is 32.3 Å². The van der Waals surface area contributed by atoms with Crippen molar-refractivity contribution in [2.24, 2.45) is 11.7 Å². The third-order valence-electron chi connectivity index (χ3n) is 3.97. The molecule has 20 heavy (non-hydrogen) atoms. The van der Waals surface area contributed by atoms with E-state index in [0.717, 1.165) is 38.2 Å². The molecule has 2 rings (SSSR count). The van der Waals surface area contributed by atoms with Gasteiger partial charge in [0.1, 0.15) is 5.82 Å². The van der Waals surface area contributed by atoms with Gasteiger partial charge in [-0.05, 0) is 59.4 Å². The van der Waals surface area contributed by atoms with Crippen LogP contribution >= 0.6 is 15.9 Å². The Kier molecular flexibility index (Phi) is 5.96. The Morgan fingerprint density at radius 1 is 1.45 bits per heavy atom. The first-order valence-corrected chi connectivity index (χ1v) is 7.84. The normalized spacial score (nSPS) is 18.4. The number of nitrogens with two attached hydrogens (primary N) is 1. The zero-order chi connectivity index (χ0) is 14.5. The maximum absolute atomic E-state index is 13.7. The van der Waals surface area contributed by atoms with Crippen LogP contribution in [0.3, 0.4) is 0 Å². The molecule has 1 aliphatic rings. The van der Waals surface area contributed by atoms with Gasteiger partial charge in [-0.3, -0.25) is 4.90 Å². The summed E-state index contributed by atoms with van der Waals surface area (Å²) in [6, 6.07) is 5.31. The highest BCUT2D eigenvalue weighted by molar-refractivity contribution is 9.10. The zero-order valence-corrected chi connectivity index (χ0v) is 13.4. The molecule has 0 bridgehead atoms. The second-order valence-corrected chi connectivity index (χ2v) is 6.27. The molecule has 5 heteroatoms. The number of ether oxygens (including phenoxy) is 1. The summed E-state index contributed by atoms with van der Waals surface area (Å²) in [7, 11) is 2.06. The van der Waals surface area contributed by atoms with E-state index in [1.54, 1.807) is 12.1 Å². The van der Waals surface area contributed by atoms with Crippen LogP contribution in [0.4, 0.5) is 4.39 Å². The fraction of sp³-hybridized carbons (Fsp3) is 0.600. The third kappa shape index (κ3) is 4.01. The first-order valence-electron chi connectivity index (χ1n) is 7.04. The number of hydrogen-bond donors (Lipinski definition) is 1.